The van der Waals surface area contributed by atoms with Crippen molar-refractivity contribution in [3.8, 4) is 22.6 Å². The number of nitrogens with zero attached hydrogens (tertiary/aromatic N) is 2. The molecule has 0 radical (unpaired) electrons. The summed E-state index contributed by atoms with van der Waals surface area (Å²) in [4.78, 5) is 10.7. The Balaban J connectivity index is 1.79. The fourth-order valence-corrected chi connectivity index (χ4v) is 2.32. The van der Waals surface area contributed by atoms with Crippen LogP contribution >= 0.6 is 0 Å². The molecule has 0 saturated heterocycles. The Kier molecular flexibility index (Phi) is 4.15. The first kappa shape index (κ1) is 15.5. The van der Waals surface area contributed by atoms with Crippen molar-refractivity contribution in [3.05, 3.63) is 48.6 Å². The number of rotatable bonds is 6. The molecule has 0 bridgehead atoms. The molecule has 0 unspecified atom stereocenters. The van der Waals surface area contributed by atoms with Gasteiger partial charge in [0.2, 0.25) is 0 Å². The van der Waals surface area contributed by atoms with Crippen LogP contribution in [0.1, 0.15) is 6.42 Å². The highest BCUT2D eigenvalue weighted by molar-refractivity contribution is 5.93. The third kappa shape index (κ3) is 3.05. The predicted molar refractivity (Wildman–Crippen MR) is 87.9 cm³/mol. The zero-order valence-corrected chi connectivity index (χ0v) is 12.7. The maximum absolute atomic E-state index is 10.7. The topological polar surface area (TPSA) is 108 Å². The van der Waals surface area contributed by atoms with Crippen molar-refractivity contribution in [1.82, 2.24) is 15.4 Å². The summed E-state index contributed by atoms with van der Waals surface area (Å²) in [6, 6.07) is 10.5. The molecule has 0 aliphatic carbocycles. The molecule has 1 aromatic heterocycles. The second kappa shape index (κ2) is 6.41. The van der Waals surface area contributed by atoms with Gasteiger partial charge in [-0.25, -0.2) is 4.79 Å². The van der Waals surface area contributed by atoms with Crippen LogP contribution in [0.5, 0.6) is 11.5 Å². The van der Waals surface area contributed by atoms with Gasteiger partial charge in [0.25, 0.3) is 0 Å². The summed E-state index contributed by atoms with van der Waals surface area (Å²) in [6.07, 6.45) is 0.204. The summed E-state index contributed by atoms with van der Waals surface area (Å²) in [6.45, 7) is 3.61. The van der Waals surface area contributed by atoms with E-state index >= 15 is 0 Å². The summed E-state index contributed by atoms with van der Waals surface area (Å²) >= 11 is 0. The number of fused-ring (bicyclic) bond motifs is 1. The van der Waals surface area contributed by atoms with Gasteiger partial charge in [-0.15, -0.1) is 5.10 Å². The monoisotopic (exact) mass is 325 g/mol. The Morgan fingerprint density at radius 1 is 1.25 bits per heavy atom. The van der Waals surface area contributed by atoms with Crippen molar-refractivity contribution in [1.29, 1.82) is 0 Å². The van der Waals surface area contributed by atoms with Crippen LogP contribution in [0.2, 0.25) is 0 Å². The minimum atomic E-state index is -1.04. The molecular weight excluding hydrogens is 310 g/mol. The summed E-state index contributed by atoms with van der Waals surface area (Å²) in [5, 5.41) is 29.6. The number of aromatic nitrogens is 3. The minimum absolute atomic E-state index is 0.0417. The molecule has 122 valence electrons. The fraction of sp³-hybridized carbons (Fsp3) is 0.118. The van der Waals surface area contributed by atoms with Crippen LogP contribution in [0.25, 0.3) is 22.2 Å². The second-order valence-corrected chi connectivity index (χ2v) is 5.20. The Morgan fingerprint density at radius 2 is 2.08 bits per heavy atom. The number of aliphatic carboxylic acids is 1. The van der Waals surface area contributed by atoms with Gasteiger partial charge in [0.05, 0.1) is 12.1 Å². The molecule has 7 nitrogen and oxygen atoms in total. The van der Waals surface area contributed by atoms with Crippen LogP contribution in [-0.4, -0.2) is 38.2 Å². The van der Waals surface area contributed by atoms with Crippen molar-refractivity contribution < 1.29 is 19.7 Å². The highest BCUT2D eigenvalue weighted by atomic mass is 16.5. The largest absolute Gasteiger partial charge is 0.507 e. The van der Waals surface area contributed by atoms with Gasteiger partial charge in [-0.2, -0.15) is 0 Å². The SMILES string of the molecule is C=C(CCOc1ccc(-c2cccc3[nH]nnc23)c(O)c1)C(=O)O. The first-order valence-electron chi connectivity index (χ1n) is 7.23. The van der Waals surface area contributed by atoms with Gasteiger partial charge in [0.15, 0.2) is 0 Å². The number of carbonyl (C=O) groups is 1. The summed E-state index contributed by atoms with van der Waals surface area (Å²) in [5.74, 6) is -0.556. The van der Waals surface area contributed by atoms with Crippen molar-refractivity contribution >= 4 is 17.0 Å². The number of ether oxygens (including phenoxy) is 1. The Hall–Kier alpha value is -3.35. The highest BCUT2D eigenvalue weighted by Crippen LogP contribution is 2.35. The van der Waals surface area contributed by atoms with E-state index in [1.807, 2.05) is 18.2 Å². The van der Waals surface area contributed by atoms with Gasteiger partial charge < -0.3 is 14.9 Å². The summed E-state index contributed by atoms with van der Waals surface area (Å²) in [7, 11) is 0. The van der Waals surface area contributed by atoms with Crippen LogP contribution in [0.3, 0.4) is 0 Å². The predicted octanol–water partition coefficient (Wildman–Crippen LogP) is 2.74. The van der Waals surface area contributed by atoms with E-state index in [9.17, 15) is 9.90 Å². The van der Waals surface area contributed by atoms with Crippen molar-refractivity contribution in [2.45, 2.75) is 6.42 Å². The van der Waals surface area contributed by atoms with Crippen molar-refractivity contribution in [3.63, 3.8) is 0 Å². The molecule has 0 spiro atoms. The number of benzene rings is 2. The number of phenols is 1. The lowest BCUT2D eigenvalue weighted by atomic mass is 10.0. The van der Waals surface area contributed by atoms with Gasteiger partial charge in [-0.05, 0) is 18.2 Å². The number of hydrogen-bond donors (Lipinski definition) is 3. The Morgan fingerprint density at radius 3 is 2.83 bits per heavy atom. The molecule has 3 aromatic rings. The normalized spacial score (nSPS) is 10.7. The zero-order chi connectivity index (χ0) is 17.1. The van der Waals surface area contributed by atoms with Crippen LogP contribution < -0.4 is 4.74 Å². The van der Waals surface area contributed by atoms with E-state index in [0.29, 0.717) is 16.8 Å². The molecule has 0 atom stereocenters. The first-order chi connectivity index (χ1) is 11.6. The third-order valence-electron chi connectivity index (χ3n) is 3.59. The number of hydrogen-bond acceptors (Lipinski definition) is 5. The average Bonchev–Trinajstić information content (AvgIpc) is 3.03. The molecular formula is C17H15N3O4. The molecule has 2 aromatic carbocycles. The molecule has 0 amide bonds. The third-order valence-corrected chi connectivity index (χ3v) is 3.59. The van der Waals surface area contributed by atoms with E-state index in [4.69, 9.17) is 9.84 Å². The lowest BCUT2D eigenvalue weighted by Crippen LogP contribution is -2.05. The van der Waals surface area contributed by atoms with E-state index in [2.05, 4.69) is 22.0 Å². The fourth-order valence-electron chi connectivity index (χ4n) is 2.32. The lowest BCUT2D eigenvalue weighted by molar-refractivity contribution is -0.132. The average molecular weight is 325 g/mol. The first-order valence-corrected chi connectivity index (χ1v) is 7.23. The molecule has 3 rings (SSSR count). The quantitative estimate of drug-likeness (QED) is 0.601. The van der Waals surface area contributed by atoms with Crippen molar-refractivity contribution in [2.75, 3.05) is 6.61 Å². The molecule has 0 aliphatic heterocycles. The number of phenolic OH excluding ortho intramolecular Hbond substituents is 1. The van der Waals surface area contributed by atoms with Crippen LogP contribution in [0.15, 0.2) is 48.6 Å². The van der Waals surface area contributed by atoms with E-state index < -0.39 is 5.97 Å². The molecule has 24 heavy (non-hydrogen) atoms. The zero-order valence-electron chi connectivity index (χ0n) is 12.7. The summed E-state index contributed by atoms with van der Waals surface area (Å²) in [5.41, 5.74) is 2.88. The van der Waals surface area contributed by atoms with Crippen molar-refractivity contribution in [2.24, 2.45) is 0 Å². The molecule has 7 heteroatoms. The van der Waals surface area contributed by atoms with Gasteiger partial charge in [-0.3, -0.25) is 5.10 Å². The number of H-pyrrole nitrogens is 1. The minimum Gasteiger partial charge on any atom is -0.507 e. The molecule has 3 N–H and O–H groups in total. The molecule has 0 aliphatic rings. The number of nitrogens with one attached hydrogen (secondary N) is 1. The number of aromatic hydroxyl groups is 1. The molecule has 1 heterocycles. The van der Waals surface area contributed by atoms with E-state index in [0.717, 1.165) is 11.1 Å². The van der Waals surface area contributed by atoms with Crippen LogP contribution in [0.4, 0.5) is 0 Å². The maximum atomic E-state index is 10.7. The number of aromatic amines is 1. The van der Waals surface area contributed by atoms with E-state index in [1.165, 1.54) is 6.07 Å². The van der Waals surface area contributed by atoms with Crippen LogP contribution in [0, 0.1) is 0 Å². The van der Waals surface area contributed by atoms with Gasteiger partial charge >= 0.3 is 5.97 Å². The standard InChI is InChI=1S/C17H15N3O4/c1-10(17(22)23)7-8-24-11-5-6-12(15(21)9-11)13-3-2-4-14-16(13)19-20-18-14/h2-6,9,21H,1,7-8H2,(H,22,23)(H,18,19,20). The van der Waals surface area contributed by atoms with E-state index in [1.54, 1.807) is 12.1 Å². The van der Waals surface area contributed by atoms with Gasteiger partial charge in [0, 0.05) is 29.2 Å². The van der Waals surface area contributed by atoms with E-state index in [-0.39, 0.29) is 24.4 Å². The van der Waals surface area contributed by atoms with Crippen LogP contribution in [-0.2, 0) is 4.79 Å². The van der Waals surface area contributed by atoms with Gasteiger partial charge in [-0.1, -0.05) is 23.9 Å². The molecule has 0 saturated carbocycles. The number of carboxylic acid groups (broad SMARTS) is 1. The lowest BCUT2D eigenvalue weighted by Gasteiger charge is -2.10. The number of carboxylic acids is 1. The summed E-state index contributed by atoms with van der Waals surface area (Å²) < 4.78 is 5.45. The highest BCUT2D eigenvalue weighted by Gasteiger charge is 2.12. The van der Waals surface area contributed by atoms with Gasteiger partial charge in [0.1, 0.15) is 17.0 Å². The second-order valence-electron chi connectivity index (χ2n) is 5.20. The molecule has 0 fully saturated rings. The Bertz CT molecular complexity index is 917. The smallest absolute Gasteiger partial charge is 0.331 e. The Labute approximate surface area is 137 Å². The maximum Gasteiger partial charge on any atom is 0.331 e.